The van der Waals surface area contributed by atoms with E-state index >= 15 is 0 Å². The van der Waals surface area contributed by atoms with E-state index in [1.54, 1.807) is 13.1 Å². The van der Waals surface area contributed by atoms with E-state index in [1.165, 1.54) is 10.9 Å². The van der Waals surface area contributed by atoms with Crippen LogP contribution in [0.3, 0.4) is 0 Å². The quantitative estimate of drug-likeness (QED) is 0.229. The minimum Gasteiger partial charge on any atom is -0.409 e. The van der Waals surface area contributed by atoms with Gasteiger partial charge in [-0.2, -0.15) is 0 Å². The van der Waals surface area contributed by atoms with Crippen molar-refractivity contribution in [3.05, 3.63) is 12.4 Å². The molecular formula is C4H6N4O. The first-order chi connectivity index (χ1) is 4.34. The highest BCUT2D eigenvalue weighted by Gasteiger charge is 1.92. The molecule has 1 aromatic rings. The van der Waals surface area contributed by atoms with Crippen LogP contribution in [0.1, 0.15) is 6.92 Å². The summed E-state index contributed by atoms with van der Waals surface area (Å²) in [7, 11) is 0. The lowest BCUT2D eigenvalue weighted by atomic mass is 10.7. The molecular weight excluding hydrogens is 120 g/mol. The second-order valence-electron chi connectivity index (χ2n) is 1.49. The first-order valence-electron chi connectivity index (χ1n) is 2.40. The minimum absolute atomic E-state index is 0.396. The van der Waals surface area contributed by atoms with E-state index in [9.17, 15) is 0 Å². The molecule has 1 aromatic heterocycles. The van der Waals surface area contributed by atoms with Crippen molar-refractivity contribution in [2.45, 2.75) is 6.92 Å². The molecule has 0 aliphatic carbocycles. The summed E-state index contributed by atoms with van der Waals surface area (Å²) in [5, 5.41) is 18.2. The van der Waals surface area contributed by atoms with E-state index in [0.29, 0.717) is 5.84 Å². The summed E-state index contributed by atoms with van der Waals surface area (Å²) in [5.74, 6) is 0.396. The third kappa shape index (κ3) is 1.04. The fraction of sp³-hybridized carbons (Fsp3) is 0.250. The summed E-state index contributed by atoms with van der Waals surface area (Å²) in [5.41, 5.74) is 0. The normalized spacial score (nSPS) is 11.9. The predicted octanol–water partition coefficient (Wildman–Crippen LogP) is -0.0662. The molecule has 0 aliphatic heterocycles. The zero-order valence-corrected chi connectivity index (χ0v) is 4.89. The van der Waals surface area contributed by atoms with Crippen LogP contribution in [0.15, 0.2) is 17.5 Å². The van der Waals surface area contributed by atoms with E-state index in [4.69, 9.17) is 5.21 Å². The third-order valence-electron chi connectivity index (χ3n) is 0.899. The predicted molar refractivity (Wildman–Crippen MR) is 30.3 cm³/mol. The van der Waals surface area contributed by atoms with Gasteiger partial charge in [-0.25, -0.2) is 4.68 Å². The molecule has 1 N–H and O–H groups in total. The number of rotatable bonds is 0. The molecule has 0 aliphatic rings. The van der Waals surface area contributed by atoms with Gasteiger partial charge in [-0.15, -0.1) is 5.10 Å². The van der Waals surface area contributed by atoms with Crippen molar-refractivity contribution in [1.82, 2.24) is 15.0 Å². The number of hydrogen-bond acceptors (Lipinski definition) is 4. The SMILES string of the molecule is C/C(=N\O)n1ccnn1. The first kappa shape index (κ1) is 5.74. The average molecular weight is 126 g/mol. The van der Waals surface area contributed by atoms with Crippen molar-refractivity contribution >= 4 is 5.84 Å². The Morgan fingerprint density at radius 3 is 3.00 bits per heavy atom. The first-order valence-corrected chi connectivity index (χ1v) is 2.40. The third-order valence-corrected chi connectivity index (χ3v) is 0.899. The Labute approximate surface area is 51.6 Å². The van der Waals surface area contributed by atoms with Gasteiger partial charge in [0.1, 0.15) is 0 Å². The highest BCUT2D eigenvalue weighted by molar-refractivity contribution is 5.80. The zero-order chi connectivity index (χ0) is 6.69. The van der Waals surface area contributed by atoms with Crippen LogP contribution in [0.2, 0.25) is 0 Å². The lowest BCUT2D eigenvalue weighted by Crippen LogP contribution is -2.07. The Morgan fingerprint density at radius 2 is 2.56 bits per heavy atom. The molecule has 48 valence electrons. The molecule has 0 amide bonds. The number of oxime groups is 1. The largest absolute Gasteiger partial charge is 0.409 e. The van der Waals surface area contributed by atoms with Gasteiger partial charge >= 0.3 is 0 Å². The number of hydrogen-bond donors (Lipinski definition) is 1. The number of aromatic nitrogens is 3. The molecule has 1 heterocycles. The fourth-order valence-electron chi connectivity index (χ4n) is 0.427. The monoisotopic (exact) mass is 126 g/mol. The summed E-state index contributed by atoms with van der Waals surface area (Å²) >= 11 is 0. The Kier molecular flexibility index (Phi) is 1.44. The molecule has 9 heavy (non-hydrogen) atoms. The van der Waals surface area contributed by atoms with E-state index in [0.717, 1.165) is 0 Å². The molecule has 0 atom stereocenters. The van der Waals surface area contributed by atoms with E-state index in [1.807, 2.05) is 0 Å². The standard InChI is InChI=1S/C4H6N4O/c1-4(6-9)8-3-2-5-7-8/h2-3,9H,1H3/b6-4+. The highest BCUT2D eigenvalue weighted by Crippen LogP contribution is 1.80. The van der Waals surface area contributed by atoms with Gasteiger partial charge in [0.15, 0.2) is 5.84 Å². The van der Waals surface area contributed by atoms with Crippen LogP contribution in [-0.4, -0.2) is 26.0 Å². The van der Waals surface area contributed by atoms with Crippen molar-refractivity contribution < 1.29 is 5.21 Å². The molecule has 1 rings (SSSR count). The van der Waals surface area contributed by atoms with Crippen LogP contribution in [-0.2, 0) is 0 Å². The average Bonchev–Trinajstić information content (AvgIpc) is 2.37. The Morgan fingerprint density at radius 1 is 1.78 bits per heavy atom. The van der Waals surface area contributed by atoms with E-state index in [-0.39, 0.29) is 0 Å². The van der Waals surface area contributed by atoms with Crippen molar-refractivity contribution in [2.75, 3.05) is 0 Å². The number of nitrogens with zero attached hydrogens (tertiary/aromatic N) is 4. The molecule has 0 aromatic carbocycles. The zero-order valence-electron chi connectivity index (χ0n) is 4.89. The van der Waals surface area contributed by atoms with Gasteiger partial charge in [0.05, 0.1) is 12.4 Å². The lowest BCUT2D eigenvalue weighted by Gasteiger charge is -1.91. The summed E-state index contributed by atoms with van der Waals surface area (Å²) < 4.78 is 1.36. The topological polar surface area (TPSA) is 63.3 Å². The molecule has 0 bridgehead atoms. The summed E-state index contributed by atoms with van der Waals surface area (Å²) in [6, 6.07) is 0. The molecule has 0 saturated heterocycles. The van der Waals surface area contributed by atoms with Crippen molar-refractivity contribution in [3.8, 4) is 0 Å². The van der Waals surface area contributed by atoms with Crippen LogP contribution in [0.4, 0.5) is 0 Å². The maximum Gasteiger partial charge on any atom is 0.167 e. The molecule has 0 spiro atoms. The van der Waals surface area contributed by atoms with Crippen LogP contribution in [0, 0.1) is 0 Å². The maximum atomic E-state index is 8.21. The molecule has 0 unspecified atom stereocenters. The molecule has 0 radical (unpaired) electrons. The van der Waals surface area contributed by atoms with Gasteiger partial charge in [-0.1, -0.05) is 10.4 Å². The van der Waals surface area contributed by atoms with E-state index < -0.39 is 0 Å². The van der Waals surface area contributed by atoms with Gasteiger partial charge in [0.2, 0.25) is 0 Å². The molecule has 5 heteroatoms. The fourth-order valence-corrected chi connectivity index (χ4v) is 0.427. The van der Waals surface area contributed by atoms with Crippen molar-refractivity contribution in [1.29, 1.82) is 0 Å². The van der Waals surface area contributed by atoms with Crippen LogP contribution in [0.5, 0.6) is 0 Å². The highest BCUT2D eigenvalue weighted by atomic mass is 16.4. The second kappa shape index (κ2) is 2.25. The van der Waals surface area contributed by atoms with Crippen LogP contribution < -0.4 is 0 Å². The molecule has 0 fully saturated rings. The molecule has 0 saturated carbocycles. The molecule has 5 nitrogen and oxygen atoms in total. The summed E-state index contributed by atoms with van der Waals surface area (Å²) in [6.07, 6.45) is 3.10. The summed E-state index contributed by atoms with van der Waals surface area (Å²) in [4.78, 5) is 0. The Balaban J connectivity index is 2.90. The van der Waals surface area contributed by atoms with E-state index in [2.05, 4.69) is 15.5 Å². The minimum atomic E-state index is 0.396. The van der Waals surface area contributed by atoms with Gasteiger partial charge in [0, 0.05) is 0 Å². The lowest BCUT2D eigenvalue weighted by molar-refractivity contribution is 0.315. The smallest absolute Gasteiger partial charge is 0.167 e. The van der Waals surface area contributed by atoms with Gasteiger partial charge in [-0.05, 0) is 6.92 Å². The Bertz CT molecular complexity index is 202. The van der Waals surface area contributed by atoms with Crippen molar-refractivity contribution in [3.63, 3.8) is 0 Å². The van der Waals surface area contributed by atoms with Gasteiger partial charge < -0.3 is 5.21 Å². The van der Waals surface area contributed by atoms with Crippen molar-refractivity contribution in [2.24, 2.45) is 5.16 Å². The van der Waals surface area contributed by atoms with Crippen LogP contribution >= 0.6 is 0 Å². The van der Waals surface area contributed by atoms with Gasteiger partial charge in [0.25, 0.3) is 0 Å². The van der Waals surface area contributed by atoms with Crippen LogP contribution in [0.25, 0.3) is 0 Å². The van der Waals surface area contributed by atoms with Gasteiger partial charge in [-0.3, -0.25) is 0 Å². The summed E-state index contributed by atoms with van der Waals surface area (Å²) in [6.45, 7) is 1.62. The maximum absolute atomic E-state index is 8.21. The second-order valence-corrected chi connectivity index (χ2v) is 1.49. The Hall–Kier alpha value is -1.39.